The smallest absolute Gasteiger partial charge is 0.230 e. The van der Waals surface area contributed by atoms with Crippen molar-refractivity contribution in [2.75, 3.05) is 0 Å². The highest BCUT2D eigenvalue weighted by atomic mass is 15.2. The van der Waals surface area contributed by atoms with Crippen molar-refractivity contribution in [2.24, 2.45) is 14.1 Å². The third-order valence-electron chi connectivity index (χ3n) is 5.84. The van der Waals surface area contributed by atoms with Gasteiger partial charge in [-0.1, -0.05) is 33.1 Å². The number of rotatable bonds is 3. The SMILES string of the molecule is CC(C)c1c[n+](C)c(-c2cn3ccnc3n2C)cc1C1CCCCC1. The molecule has 0 unspecified atom stereocenters. The molecular weight excluding hydrogens is 308 g/mol. The summed E-state index contributed by atoms with van der Waals surface area (Å²) in [5.41, 5.74) is 5.58. The van der Waals surface area contributed by atoms with E-state index in [2.05, 4.69) is 64.9 Å². The minimum absolute atomic E-state index is 0.558. The molecule has 0 bridgehead atoms. The molecule has 1 aliphatic carbocycles. The fraction of sp³-hybridized carbons (Fsp3) is 0.524. The van der Waals surface area contributed by atoms with E-state index in [1.54, 1.807) is 5.56 Å². The molecule has 4 heteroatoms. The normalized spacial score (nSPS) is 16.2. The van der Waals surface area contributed by atoms with Gasteiger partial charge in [0.2, 0.25) is 11.5 Å². The zero-order valence-corrected chi connectivity index (χ0v) is 15.9. The van der Waals surface area contributed by atoms with Gasteiger partial charge in [-0.15, -0.1) is 0 Å². The number of aromatic nitrogens is 4. The minimum Gasteiger partial charge on any atom is -0.308 e. The maximum absolute atomic E-state index is 4.47. The first-order chi connectivity index (χ1) is 12.1. The summed E-state index contributed by atoms with van der Waals surface area (Å²) in [6, 6.07) is 2.46. The highest BCUT2D eigenvalue weighted by molar-refractivity contribution is 5.58. The Morgan fingerprint density at radius 2 is 1.96 bits per heavy atom. The van der Waals surface area contributed by atoms with Crippen LogP contribution in [0.5, 0.6) is 0 Å². The van der Waals surface area contributed by atoms with Gasteiger partial charge in [0.15, 0.2) is 6.20 Å². The second-order valence-corrected chi connectivity index (χ2v) is 7.88. The van der Waals surface area contributed by atoms with Crippen LogP contribution in [0.2, 0.25) is 0 Å². The summed E-state index contributed by atoms with van der Waals surface area (Å²) in [7, 11) is 4.27. The second kappa shape index (κ2) is 6.32. The van der Waals surface area contributed by atoms with E-state index in [9.17, 15) is 0 Å². The van der Waals surface area contributed by atoms with Crippen LogP contribution >= 0.6 is 0 Å². The first kappa shape index (κ1) is 16.4. The van der Waals surface area contributed by atoms with Crippen LogP contribution in [0.25, 0.3) is 17.2 Å². The Bertz CT molecular complexity index is 894. The molecule has 0 radical (unpaired) electrons. The summed E-state index contributed by atoms with van der Waals surface area (Å²) in [6.07, 6.45) is 15.2. The summed E-state index contributed by atoms with van der Waals surface area (Å²) in [6.45, 7) is 4.63. The maximum atomic E-state index is 4.47. The van der Waals surface area contributed by atoms with Crippen molar-refractivity contribution >= 4 is 5.78 Å². The van der Waals surface area contributed by atoms with E-state index < -0.39 is 0 Å². The fourth-order valence-corrected chi connectivity index (χ4v) is 4.42. The van der Waals surface area contributed by atoms with Gasteiger partial charge in [-0.25, -0.2) is 4.98 Å². The lowest BCUT2D eigenvalue weighted by atomic mass is 9.80. The third-order valence-corrected chi connectivity index (χ3v) is 5.84. The number of fused-ring (bicyclic) bond motifs is 1. The lowest BCUT2D eigenvalue weighted by Gasteiger charge is -2.25. The second-order valence-electron chi connectivity index (χ2n) is 7.88. The standard InChI is InChI=1S/C21H29N4/c1-15(2)18-13-23(3)19(12-17(18)16-8-6-5-7-9-16)20-14-25-11-10-22-21(25)24(20)4/h10-16H,5-9H2,1-4H3/q+1. The van der Waals surface area contributed by atoms with Gasteiger partial charge in [-0.2, -0.15) is 4.57 Å². The molecule has 0 atom stereocenters. The first-order valence-corrected chi connectivity index (χ1v) is 9.58. The fourth-order valence-electron chi connectivity index (χ4n) is 4.42. The lowest BCUT2D eigenvalue weighted by molar-refractivity contribution is -0.661. The van der Waals surface area contributed by atoms with Gasteiger partial charge >= 0.3 is 0 Å². The van der Waals surface area contributed by atoms with E-state index in [4.69, 9.17) is 0 Å². The summed E-state index contributed by atoms with van der Waals surface area (Å²) in [5.74, 6) is 2.26. The monoisotopic (exact) mass is 337 g/mol. The van der Waals surface area contributed by atoms with Crippen LogP contribution in [0.15, 0.2) is 30.9 Å². The minimum atomic E-state index is 0.558. The number of nitrogens with zero attached hydrogens (tertiary/aromatic N) is 4. The number of aryl methyl sites for hydroxylation is 2. The topological polar surface area (TPSA) is 26.1 Å². The van der Waals surface area contributed by atoms with E-state index in [1.807, 2.05) is 12.4 Å². The molecule has 132 valence electrons. The summed E-state index contributed by atoms with van der Waals surface area (Å²) in [4.78, 5) is 4.47. The molecule has 0 spiro atoms. The van der Waals surface area contributed by atoms with Crippen LogP contribution in [0.1, 0.15) is 68.9 Å². The molecule has 1 aliphatic rings. The molecule has 0 aliphatic heterocycles. The number of pyridine rings is 1. The average Bonchev–Trinajstić information content (AvgIpc) is 3.19. The van der Waals surface area contributed by atoms with Crippen molar-refractivity contribution < 1.29 is 4.57 Å². The van der Waals surface area contributed by atoms with E-state index in [-0.39, 0.29) is 0 Å². The van der Waals surface area contributed by atoms with E-state index in [0.717, 1.165) is 11.7 Å². The average molecular weight is 337 g/mol. The quantitative estimate of drug-likeness (QED) is 0.653. The van der Waals surface area contributed by atoms with Gasteiger partial charge < -0.3 is 4.57 Å². The van der Waals surface area contributed by atoms with Gasteiger partial charge in [0, 0.05) is 37.3 Å². The summed E-state index contributed by atoms with van der Waals surface area (Å²) < 4.78 is 6.58. The molecule has 0 amide bonds. The zero-order chi connectivity index (χ0) is 17.6. The molecule has 4 rings (SSSR count). The molecule has 3 aromatic heterocycles. The number of hydrogen-bond acceptors (Lipinski definition) is 1. The molecule has 4 nitrogen and oxygen atoms in total. The highest BCUT2D eigenvalue weighted by Gasteiger charge is 2.26. The van der Waals surface area contributed by atoms with E-state index in [1.165, 1.54) is 49.1 Å². The Morgan fingerprint density at radius 3 is 2.64 bits per heavy atom. The first-order valence-electron chi connectivity index (χ1n) is 9.58. The number of hydrogen-bond donors (Lipinski definition) is 0. The van der Waals surface area contributed by atoms with Crippen LogP contribution < -0.4 is 4.57 Å². The summed E-state index contributed by atoms with van der Waals surface area (Å²) >= 11 is 0. The van der Waals surface area contributed by atoms with Gasteiger partial charge in [0.05, 0.1) is 0 Å². The third kappa shape index (κ3) is 2.78. The van der Waals surface area contributed by atoms with Crippen molar-refractivity contribution in [3.05, 3.63) is 42.0 Å². The zero-order valence-electron chi connectivity index (χ0n) is 15.9. The highest BCUT2D eigenvalue weighted by Crippen LogP contribution is 2.37. The Kier molecular flexibility index (Phi) is 4.14. The lowest BCUT2D eigenvalue weighted by Crippen LogP contribution is -2.33. The van der Waals surface area contributed by atoms with Crippen molar-refractivity contribution in [1.82, 2.24) is 14.0 Å². The van der Waals surface area contributed by atoms with Crippen LogP contribution in [0.3, 0.4) is 0 Å². The molecule has 3 heterocycles. The Labute approximate surface area is 150 Å². The molecule has 0 aromatic carbocycles. The van der Waals surface area contributed by atoms with Gasteiger partial charge in [0.25, 0.3) is 0 Å². The van der Waals surface area contributed by atoms with Crippen molar-refractivity contribution in [2.45, 2.75) is 57.8 Å². The molecule has 25 heavy (non-hydrogen) atoms. The van der Waals surface area contributed by atoms with Crippen molar-refractivity contribution in [3.63, 3.8) is 0 Å². The van der Waals surface area contributed by atoms with Crippen LogP contribution in [-0.2, 0) is 14.1 Å². The van der Waals surface area contributed by atoms with E-state index >= 15 is 0 Å². The van der Waals surface area contributed by atoms with Gasteiger partial charge in [-0.05, 0) is 30.2 Å². The molecule has 1 saturated carbocycles. The van der Waals surface area contributed by atoms with Gasteiger partial charge in [0.1, 0.15) is 12.7 Å². The Balaban J connectivity index is 1.87. The Hall–Kier alpha value is -2.10. The molecule has 1 fully saturated rings. The molecule has 0 saturated heterocycles. The van der Waals surface area contributed by atoms with Crippen LogP contribution in [0.4, 0.5) is 0 Å². The summed E-state index contributed by atoms with van der Waals surface area (Å²) in [5, 5.41) is 0. The predicted molar refractivity (Wildman–Crippen MR) is 101 cm³/mol. The van der Waals surface area contributed by atoms with E-state index in [0.29, 0.717) is 5.92 Å². The molecule has 3 aromatic rings. The largest absolute Gasteiger partial charge is 0.308 e. The van der Waals surface area contributed by atoms with Crippen molar-refractivity contribution in [3.8, 4) is 11.4 Å². The molecular formula is C21H29N4+. The Morgan fingerprint density at radius 1 is 1.20 bits per heavy atom. The molecule has 0 N–H and O–H groups in total. The van der Waals surface area contributed by atoms with Gasteiger partial charge in [-0.3, -0.25) is 4.40 Å². The van der Waals surface area contributed by atoms with Crippen LogP contribution in [0, 0.1) is 0 Å². The van der Waals surface area contributed by atoms with Crippen molar-refractivity contribution in [1.29, 1.82) is 0 Å². The maximum Gasteiger partial charge on any atom is 0.230 e. The number of imidazole rings is 2. The van der Waals surface area contributed by atoms with Crippen LogP contribution in [-0.4, -0.2) is 14.0 Å². The predicted octanol–water partition coefficient (Wildman–Crippen LogP) is 4.34.